The number of carbonyl (C=O) groups excluding carboxylic acids is 1. The van der Waals surface area contributed by atoms with Gasteiger partial charge in [-0.15, -0.1) is 0 Å². The van der Waals surface area contributed by atoms with E-state index in [4.69, 9.17) is 9.15 Å². The van der Waals surface area contributed by atoms with Crippen LogP contribution in [-0.2, 0) is 0 Å². The van der Waals surface area contributed by atoms with E-state index < -0.39 is 0 Å². The second-order valence-electron chi connectivity index (χ2n) is 4.25. The maximum absolute atomic E-state index is 11.9. The summed E-state index contributed by atoms with van der Waals surface area (Å²) in [6.45, 7) is 2.87. The molecule has 1 aromatic heterocycles. The number of unbranched alkanes of at least 4 members (excludes halogenated alkanes) is 2. The van der Waals surface area contributed by atoms with Crippen molar-refractivity contribution in [2.24, 2.45) is 0 Å². The second kappa shape index (κ2) is 6.73. The normalized spacial score (nSPS) is 10.4. The SMILES string of the molecule is CCCCCOc1ccc(C(=O)c2ncco2)cc1. The van der Waals surface area contributed by atoms with Crippen LogP contribution >= 0.6 is 0 Å². The highest BCUT2D eigenvalue weighted by Crippen LogP contribution is 2.15. The number of rotatable bonds is 7. The topological polar surface area (TPSA) is 52.3 Å². The molecule has 0 aliphatic carbocycles. The van der Waals surface area contributed by atoms with Gasteiger partial charge in [-0.3, -0.25) is 4.79 Å². The van der Waals surface area contributed by atoms with Crippen LogP contribution in [0.3, 0.4) is 0 Å². The monoisotopic (exact) mass is 259 g/mol. The van der Waals surface area contributed by atoms with Crippen LogP contribution in [0.1, 0.15) is 42.4 Å². The summed E-state index contributed by atoms with van der Waals surface area (Å²) in [5.41, 5.74) is 0.545. The van der Waals surface area contributed by atoms with Crippen molar-refractivity contribution in [3.63, 3.8) is 0 Å². The Bertz CT molecular complexity index is 503. The molecule has 0 bridgehead atoms. The maximum Gasteiger partial charge on any atom is 0.268 e. The zero-order valence-electron chi connectivity index (χ0n) is 11.0. The lowest BCUT2D eigenvalue weighted by Crippen LogP contribution is -2.02. The van der Waals surface area contributed by atoms with Crippen LogP contribution in [0.25, 0.3) is 0 Å². The Morgan fingerprint density at radius 2 is 2.05 bits per heavy atom. The van der Waals surface area contributed by atoms with Crippen molar-refractivity contribution in [2.75, 3.05) is 6.61 Å². The number of hydrogen-bond acceptors (Lipinski definition) is 4. The Morgan fingerprint density at radius 1 is 1.26 bits per heavy atom. The molecule has 0 spiro atoms. The number of carbonyl (C=O) groups is 1. The van der Waals surface area contributed by atoms with E-state index in [1.807, 2.05) is 0 Å². The van der Waals surface area contributed by atoms with Crippen molar-refractivity contribution in [1.29, 1.82) is 0 Å². The summed E-state index contributed by atoms with van der Waals surface area (Å²) in [5.74, 6) is 0.666. The summed E-state index contributed by atoms with van der Waals surface area (Å²) in [7, 11) is 0. The minimum absolute atomic E-state index is 0.108. The van der Waals surface area contributed by atoms with Crippen LogP contribution in [0.2, 0.25) is 0 Å². The molecule has 4 heteroatoms. The first kappa shape index (κ1) is 13.3. The van der Waals surface area contributed by atoms with E-state index in [-0.39, 0.29) is 11.7 Å². The van der Waals surface area contributed by atoms with Gasteiger partial charge in [-0.05, 0) is 30.7 Å². The molecule has 1 aromatic carbocycles. The highest BCUT2D eigenvalue weighted by molar-refractivity contribution is 6.05. The number of hydrogen-bond donors (Lipinski definition) is 0. The van der Waals surface area contributed by atoms with Crippen molar-refractivity contribution >= 4 is 5.78 Å². The third kappa shape index (κ3) is 3.68. The predicted octanol–water partition coefficient (Wildman–Crippen LogP) is 3.47. The Labute approximate surface area is 112 Å². The van der Waals surface area contributed by atoms with Gasteiger partial charge < -0.3 is 9.15 Å². The van der Waals surface area contributed by atoms with E-state index in [1.54, 1.807) is 24.3 Å². The van der Waals surface area contributed by atoms with Gasteiger partial charge in [-0.1, -0.05) is 19.8 Å². The Morgan fingerprint density at radius 3 is 2.68 bits per heavy atom. The number of ether oxygens (including phenoxy) is 1. The van der Waals surface area contributed by atoms with E-state index in [0.29, 0.717) is 12.2 Å². The van der Waals surface area contributed by atoms with E-state index in [0.717, 1.165) is 12.2 Å². The van der Waals surface area contributed by atoms with Crippen LogP contribution in [0.15, 0.2) is 41.1 Å². The molecule has 0 atom stereocenters. The van der Waals surface area contributed by atoms with E-state index in [2.05, 4.69) is 11.9 Å². The fourth-order valence-corrected chi connectivity index (χ4v) is 1.70. The molecule has 1 heterocycles. The van der Waals surface area contributed by atoms with Gasteiger partial charge in [-0.25, -0.2) is 4.98 Å². The molecule has 0 radical (unpaired) electrons. The van der Waals surface area contributed by atoms with Gasteiger partial charge in [0.05, 0.1) is 12.8 Å². The average molecular weight is 259 g/mol. The number of ketones is 1. The standard InChI is InChI=1S/C15H17NO3/c1-2-3-4-10-18-13-7-5-12(6-8-13)14(17)15-16-9-11-19-15/h5-9,11H,2-4,10H2,1H3. The summed E-state index contributed by atoms with van der Waals surface area (Å²) in [6, 6.07) is 7.04. The summed E-state index contributed by atoms with van der Waals surface area (Å²) in [6.07, 6.45) is 6.23. The second-order valence-corrected chi connectivity index (χ2v) is 4.25. The largest absolute Gasteiger partial charge is 0.494 e. The molecular formula is C15H17NO3. The fourth-order valence-electron chi connectivity index (χ4n) is 1.70. The average Bonchev–Trinajstić information content (AvgIpc) is 2.98. The van der Waals surface area contributed by atoms with E-state index in [9.17, 15) is 4.79 Å². The molecular weight excluding hydrogens is 242 g/mol. The van der Waals surface area contributed by atoms with E-state index in [1.165, 1.54) is 25.3 Å². The van der Waals surface area contributed by atoms with Gasteiger partial charge in [0.1, 0.15) is 12.0 Å². The van der Waals surface area contributed by atoms with Gasteiger partial charge in [0, 0.05) is 5.56 Å². The lowest BCUT2D eigenvalue weighted by molar-refractivity contribution is 0.100. The summed E-state index contributed by atoms with van der Waals surface area (Å²) >= 11 is 0. The molecule has 2 aromatic rings. The first-order valence-electron chi connectivity index (χ1n) is 6.48. The van der Waals surface area contributed by atoms with Crippen LogP contribution in [0, 0.1) is 0 Å². The maximum atomic E-state index is 11.9. The number of oxazole rings is 1. The van der Waals surface area contributed by atoms with Crippen LogP contribution in [0.4, 0.5) is 0 Å². The van der Waals surface area contributed by atoms with Crippen molar-refractivity contribution in [1.82, 2.24) is 4.98 Å². The summed E-state index contributed by atoms with van der Waals surface area (Å²) in [4.78, 5) is 15.8. The lowest BCUT2D eigenvalue weighted by Gasteiger charge is -2.05. The molecule has 0 saturated carbocycles. The first-order valence-corrected chi connectivity index (χ1v) is 6.48. The highest BCUT2D eigenvalue weighted by atomic mass is 16.5. The van der Waals surface area contributed by atoms with Gasteiger partial charge in [0.25, 0.3) is 5.89 Å². The number of benzene rings is 1. The van der Waals surface area contributed by atoms with Gasteiger partial charge in [-0.2, -0.15) is 0 Å². The van der Waals surface area contributed by atoms with Crippen molar-refractivity contribution in [3.05, 3.63) is 48.2 Å². The zero-order valence-corrected chi connectivity index (χ0v) is 11.0. The van der Waals surface area contributed by atoms with Crippen LogP contribution in [-0.4, -0.2) is 17.4 Å². The van der Waals surface area contributed by atoms with Gasteiger partial charge in [0.2, 0.25) is 5.78 Å². The number of nitrogens with zero attached hydrogens (tertiary/aromatic N) is 1. The highest BCUT2D eigenvalue weighted by Gasteiger charge is 2.13. The Hall–Kier alpha value is -2.10. The zero-order chi connectivity index (χ0) is 13.5. The first-order chi connectivity index (χ1) is 9.31. The lowest BCUT2D eigenvalue weighted by atomic mass is 10.1. The van der Waals surface area contributed by atoms with Crippen LogP contribution < -0.4 is 4.74 Å². The Balaban J connectivity index is 1.93. The molecule has 19 heavy (non-hydrogen) atoms. The third-order valence-corrected chi connectivity index (χ3v) is 2.76. The van der Waals surface area contributed by atoms with Crippen molar-refractivity contribution in [3.8, 4) is 5.75 Å². The quantitative estimate of drug-likeness (QED) is 0.564. The molecule has 4 nitrogen and oxygen atoms in total. The molecule has 2 rings (SSSR count). The number of aromatic nitrogens is 1. The fraction of sp³-hybridized carbons (Fsp3) is 0.333. The van der Waals surface area contributed by atoms with E-state index >= 15 is 0 Å². The van der Waals surface area contributed by atoms with Crippen molar-refractivity contribution in [2.45, 2.75) is 26.2 Å². The third-order valence-electron chi connectivity index (χ3n) is 2.76. The molecule has 0 saturated heterocycles. The Kier molecular flexibility index (Phi) is 4.72. The molecule has 0 unspecified atom stereocenters. The minimum atomic E-state index is -0.220. The molecule has 0 aliphatic heterocycles. The molecule has 0 fully saturated rings. The van der Waals surface area contributed by atoms with Gasteiger partial charge >= 0.3 is 0 Å². The molecule has 100 valence electrons. The predicted molar refractivity (Wildman–Crippen MR) is 71.4 cm³/mol. The minimum Gasteiger partial charge on any atom is -0.494 e. The van der Waals surface area contributed by atoms with Crippen molar-refractivity contribution < 1.29 is 13.9 Å². The van der Waals surface area contributed by atoms with Crippen LogP contribution in [0.5, 0.6) is 5.75 Å². The summed E-state index contributed by atoms with van der Waals surface area (Å²) < 4.78 is 10.6. The summed E-state index contributed by atoms with van der Waals surface area (Å²) in [5, 5.41) is 0. The smallest absolute Gasteiger partial charge is 0.268 e. The molecule has 0 N–H and O–H groups in total. The molecule has 0 aliphatic rings. The molecule has 0 amide bonds. The van der Waals surface area contributed by atoms with Gasteiger partial charge in [0.15, 0.2) is 0 Å².